The molecule has 0 radical (unpaired) electrons. The summed E-state index contributed by atoms with van der Waals surface area (Å²) < 4.78 is 0. The molecule has 0 aliphatic heterocycles. The molecule has 5 nitrogen and oxygen atoms in total. The molecular weight excluding hydrogens is 314 g/mol. The van der Waals surface area contributed by atoms with Crippen LogP contribution in [0.5, 0.6) is 0 Å². The fraction of sp³-hybridized carbons (Fsp3) is 0.882. The molecule has 0 spiro atoms. The number of carbonyl (C=O) groups is 2. The van der Waals surface area contributed by atoms with E-state index in [9.17, 15) is 9.59 Å². The number of nitrogens with one attached hydrogen (secondary N) is 2. The Morgan fingerprint density at radius 1 is 0.957 bits per heavy atom. The second-order valence-corrected chi connectivity index (χ2v) is 6.90. The van der Waals surface area contributed by atoms with Crippen molar-refractivity contribution >= 4 is 24.2 Å². The molecule has 2 rings (SSSR count). The van der Waals surface area contributed by atoms with E-state index in [4.69, 9.17) is 5.73 Å². The highest BCUT2D eigenvalue weighted by atomic mass is 35.5. The van der Waals surface area contributed by atoms with Gasteiger partial charge in [0, 0.05) is 31.5 Å². The van der Waals surface area contributed by atoms with E-state index in [0.717, 1.165) is 25.7 Å². The average molecular weight is 346 g/mol. The Kier molecular flexibility index (Phi) is 9.56. The van der Waals surface area contributed by atoms with Crippen molar-refractivity contribution in [2.45, 2.75) is 70.3 Å². The zero-order valence-corrected chi connectivity index (χ0v) is 14.8. The summed E-state index contributed by atoms with van der Waals surface area (Å²) in [5, 5.41) is 6.04. The number of nitrogens with two attached hydrogens (primary N) is 1. The van der Waals surface area contributed by atoms with Crippen LogP contribution >= 0.6 is 12.4 Å². The molecule has 2 amide bonds. The first-order valence-corrected chi connectivity index (χ1v) is 8.96. The molecule has 0 aromatic carbocycles. The molecule has 0 atom stereocenters. The van der Waals surface area contributed by atoms with Gasteiger partial charge in [-0.15, -0.1) is 12.4 Å². The van der Waals surface area contributed by atoms with Crippen LogP contribution in [0.2, 0.25) is 0 Å². The lowest BCUT2D eigenvalue weighted by atomic mass is 9.84. The number of amides is 2. The van der Waals surface area contributed by atoms with Gasteiger partial charge in [0.05, 0.1) is 0 Å². The summed E-state index contributed by atoms with van der Waals surface area (Å²) in [6, 6.07) is 0.259. The van der Waals surface area contributed by atoms with Gasteiger partial charge in [-0.25, -0.2) is 0 Å². The highest BCUT2D eigenvalue weighted by Gasteiger charge is 2.27. The lowest BCUT2D eigenvalue weighted by Crippen LogP contribution is -2.42. The van der Waals surface area contributed by atoms with Crippen molar-refractivity contribution in [1.29, 1.82) is 0 Å². The summed E-state index contributed by atoms with van der Waals surface area (Å²) in [6.45, 7) is 1.04. The Hall–Kier alpha value is -0.810. The Bertz CT molecular complexity index is 365. The van der Waals surface area contributed by atoms with Crippen LogP contribution < -0.4 is 16.4 Å². The Morgan fingerprint density at radius 3 is 2.22 bits per heavy atom. The summed E-state index contributed by atoms with van der Waals surface area (Å²) in [5.74, 6) is 1.02. The molecular formula is C17H32ClN3O2. The lowest BCUT2D eigenvalue weighted by molar-refractivity contribution is -0.126. The average Bonchev–Trinajstić information content (AvgIpc) is 2.54. The molecule has 0 aromatic heterocycles. The molecule has 2 fully saturated rings. The predicted molar refractivity (Wildman–Crippen MR) is 94.4 cm³/mol. The van der Waals surface area contributed by atoms with Crippen LogP contribution in [-0.2, 0) is 9.59 Å². The van der Waals surface area contributed by atoms with E-state index in [0.29, 0.717) is 25.4 Å². The predicted octanol–water partition coefficient (Wildman–Crippen LogP) is 2.13. The van der Waals surface area contributed by atoms with Gasteiger partial charge in [0.15, 0.2) is 0 Å². The van der Waals surface area contributed by atoms with E-state index in [2.05, 4.69) is 10.6 Å². The molecule has 134 valence electrons. The van der Waals surface area contributed by atoms with E-state index >= 15 is 0 Å². The van der Waals surface area contributed by atoms with E-state index in [-0.39, 0.29) is 36.2 Å². The van der Waals surface area contributed by atoms with Gasteiger partial charge in [-0.3, -0.25) is 9.59 Å². The first-order chi connectivity index (χ1) is 10.7. The minimum Gasteiger partial charge on any atom is -0.355 e. The molecule has 6 heteroatoms. The fourth-order valence-electron chi connectivity index (χ4n) is 3.78. The third kappa shape index (κ3) is 7.08. The zero-order valence-electron chi connectivity index (χ0n) is 14.0. The molecule has 2 aliphatic carbocycles. The number of halogens is 1. The highest BCUT2D eigenvalue weighted by molar-refractivity contribution is 5.85. The van der Waals surface area contributed by atoms with Gasteiger partial charge in [-0.2, -0.15) is 0 Å². The molecule has 23 heavy (non-hydrogen) atoms. The number of hydrogen-bond acceptors (Lipinski definition) is 3. The van der Waals surface area contributed by atoms with Crippen LogP contribution in [-0.4, -0.2) is 30.9 Å². The maximum Gasteiger partial charge on any atom is 0.223 e. The van der Waals surface area contributed by atoms with Crippen LogP contribution in [0.15, 0.2) is 0 Å². The molecule has 2 saturated carbocycles. The van der Waals surface area contributed by atoms with Crippen LogP contribution in [0.3, 0.4) is 0 Å². The first-order valence-electron chi connectivity index (χ1n) is 8.96. The monoisotopic (exact) mass is 345 g/mol. The SMILES string of the molecule is Cl.NCCNC(=O)C1CCC(NC(=O)CC2CCCCC2)CC1. The summed E-state index contributed by atoms with van der Waals surface area (Å²) in [5.41, 5.74) is 5.40. The maximum absolute atomic E-state index is 12.1. The summed E-state index contributed by atoms with van der Waals surface area (Å²) in [6.07, 6.45) is 10.6. The molecule has 0 saturated heterocycles. The van der Waals surface area contributed by atoms with Gasteiger partial charge in [0.1, 0.15) is 0 Å². The van der Waals surface area contributed by atoms with Crippen LogP contribution in [0, 0.1) is 11.8 Å². The van der Waals surface area contributed by atoms with E-state index in [1.54, 1.807) is 0 Å². The Balaban J connectivity index is 0.00000264. The molecule has 0 aromatic rings. The summed E-state index contributed by atoms with van der Waals surface area (Å²) in [7, 11) is 0. The topological polar surface area (TPSA) is 84.2 Å². The standard InChI is InChI=1S/C17H31N3O2.ClH/c18-10-11-19-17(22)14-6-8-15(9-7-14)20-16(21)12-13-4-2-1-3-5-13;/h13-15H,1-12,18H2,(H,19,22)(H,20,21);1H. The van der Waals surface area contributed by atoms with Crippen molar-refractivity contribution < 1.29 is 9.59 Å². The largest absolute Gasteiger partial charge is 0.355 e. The van der Waals surface area contributed by atoms with E-state index in [1.165, 1.54) is 32.1 Å². The third-order valence-corrected chi connectivity index (χ3v) is 5.11. The van der Waals surface area contributed by atoms with Crippen molar-refractivity contribution in [2.75, 3.05) is 13.1 Å². The van der Waals surface area contributed by atoms with E-state index < -0.39 is 0 Å². The van der Waals surface area contributed by atoms with Crippen molar-refractivity contribution in [3.63, 3.8) is 0 Å². The van der Waals surface area contributed by atoms with Crippen LogP contribution in [0.25, 0.3) is 0 Å². The van der Waals surface area contributed by atoms with Gasteiger partial charge < -0.3 is 16.4 Å². The zero-order chi connectivity index (χ0) is 15.8. The van der Waals surface area contributed by atoms with Crippen LogP contribution in [0.4, 0.5) is 0 Å². The lowest BCUT2D eigenvalue weighted by Gasteiger charge is -2.29. The minimum atomic E-state index is 0. The minimum absolute atomic E-state index is 0. The van der Waals surface area contributed by atoms with Gasteiger partial charge in [-0.1, -0.05) is 19.3 Å². The molecule has 0 heterocycles. The normalized spacial score (nSPS) is 25.3. The van der Waals surface area contributed by atoms with Crippen molar-refractivity contribution in [1.82, 2.24) is 10.6 Å². The fourth-order valence-corrected chi connectivity index (χ4v) is 3.78. The number of hydrogen-bond donors (Lipinski definition) is 3. The molecule has 4 N–H and O–H groups in total. The van der Waals surface area contributed by atoms with Gasteiger partial charge >= 0.3 is 0 Å². The van der Waals surface area contributed by atoms with E-state index in [1.807, 2.05) is 0 Å². The van der Waals surface area contributed by atoms with Crippen LogP contribution in [0.1, 0.15) is 64.2 Å². The van der Waals surface area contributed by atoms with Crippen molar-refractivity contribution in [3.8, 4) is 0 Å². The molecule has 0 bridgehead atoms. The Morgan fingerprint density at radius 2 is 1.61 bits per heavy atom. The van der Waals surface area contributed by atoms with Gasteiger partial charge in [0.25, 0.3) is 0 Å². The summed E-state index contributed by atoms with van der Waals surface area (Å²) in [4.78, 5) is 24.0. The second kappa shape index (κ2) is 10.9. The second-order valence-electron chi connectivity index (χ2n) is 6.90. The third-order valence-electron chi connectivity index (χ3n) is 5.11. The highest BCUT2D eigenvalue weighted by Crippen LogP contribution is 2.27. The molecule has 0 unspecified atom stereocenters. The quantitative estimate of drug-likeness (QED) is 0.689. The van der Waals surface area contributed by atoms with Crippen molar-refractivity contribution in [2.24, 2.45) is 17.6 Å². The Labute approximate surface area is 145 Å². The van der Waals surface area contributed by atoms with Gasteiger partial charge in [0.2, 0.25) is 11.8 Å². The molecule has 2 aliphatic rings. The number of carbonyl (C=O) groups excluding carboxylic acids is 2. The van der Waals surface area contributed by atoms with Gasteiger partial charge in [-0.05, 0) is 44.4 Å². The smallest absolute Gasteiger partial charge is 0.223 e. The summed E-state index contributed by atoms with van der Waals surface area (Å²) >= 11 is 0. The number of rotatable bonds is 6. The first kappa shape index (κ1) is 20.2. The maximum atomic E-state index is 12.1. The van der Waals surface area contributed by atoms with Crippen molar-refractivity contribution in [3.05, 3.63) is 0 Å².